The molecule has 1 fully saturated rings. The molecule has 0 aromatic carbocycles. The maximum atomic E-state index is 12.2. The topological polar surface area (TPSA) is 83.5 Å². The minimum Gasteiger partial charge on any atom is -0.477 e. The summed E-state index contributed by atoms with van der Waals surface area (Å²) in [5.41, 5.74) is 0.558. The molecule has 0 amide bonds. The van der Waals surface area contributed by atoms with Gasteiger partial charge in [0.2, 0.25) is 10.0 Å². The van der Waals surface area contributed by atoms with E-state index in [0.717, 1.165) is 24.2 Å². The first-order valence-corrected chi connectivity index (χ1v) is 8.81. The quantitative estimate of drug-likeness (QED) is 0.844. The predicted octanol–water partition coefficient (Wildman–Crippen LogP) is 2.47. The molecule has 1 heterocycles. The van der Waals surface area contributed by atoms with Gasteiger partial charge in [-0.05, 0) is 42.7 Å². The highest BCUT2D eigenvalue weighted by Crippen LogP contribution is 2.51. The smallest absolute Gasteiger partial charge is 0.346 e. The van der Waals surface area contributed by atoms with Crippen LogP contribution in [0.3, 0.4) is 0 Å². The lowest BCUT2D eigenvalue weighted by molar-refractivity contribution is 0.0701. The highest BCUT2D eigenvalue weighted by molar-refractivity contribution is 7.91. The average Bonchev–Trinajstić information content (AvgIpc) is 3.03. The van der Waals surface area contributed by atoms with Crippen molar-refractivity contribution in [3.63, 3.8) is 0 Å². The van der Waals surface area contributed by atoms with E-state index in [2.05, 4.69) is 18.6 Å². The zero-order valence-corrected chi connectivity index (χ0v) is 13.4. The maximum Gasteiger partial charge on any atom is 0.346 e. The molecule has 5 nitrogen and oxygen atoms in total. The lowest BCUT2D eigenvalue weighted by atomic mass is 9.93. The van der Waals surface area contributed by atoms with Gasteiger partial charge in [-0.3, -0.25) is 0 Å². The summed E-state index contributed by atoms with van der Waals surface area (Å²) in [7, 11) is -3.62. The van der Waals surface area contributed by atoms with Crippen molar-refractivity contribution >= 4 is 27.3 Å². The van der Waals surface area contributed by atoms with Crippen LogP contribution in [0.1, 0.15) is 41.9 Å². The number of carboxylic acid groups (broad SMARTS) is 1. The molecule has 20 heavy (non-hydrogen) atoms. The molecule has 2 N–H and O–H groups in total. The zero-order valence-electron chi connectivity index (χ0n) is 11.8. The van der Waals surface area contributed by atoms with Crippen LogP contribution in [-0.4, -0.2) is 26.0 Å². The number of hydrogen-bond acceptors (Lipinski definition) is 4. The van der Waals surface area contributed by atoms with E-state index >= 15 is 0 Å². The fourth-order valence-corrected chi connectivity index (χ4v) is 4.79. The van der Waals surface area contributed by atoms with Crippen molar-refractivity contribution in [1.82, 2.24) is 4.72 Å². The highest BCUT2D eigenvalue weighted by Gasteiger charge is 2.45. The SMILES string of the molecule is Cc1cc(S(=O)(=O)NCC2(C(C)C)CC2)sc1C(=O)O. The summed E-state index contributed by atoms with van der Waals surface area (Å²) in [6.07, 6.45) is 2.08. The number of sulfonamides is 1. The number of carbonyl (C=O) groups is 1. The molecular formula is C13H19NO4S2. The highest BCUT2D eigenvalue weighted by atomic mass is 32.2. The zero-order chi connectivity index (χ0) is 15.1. The molecule has 7 heteroatoms. The van der Waals surface area contributed by atoms with Crippen LogP contribution in [0.4, 0.5) is 0 Å². The third kappa shape index (κ3) is 2.89. The van der Waals surface area contributed by atoms with Crippen molar-refractivity contribution in [2.75, 3.05) is 6.54 Å². The van der Waals surface area contributed by atoms with Crippen molar-refractivity contribution in [2.24, 2.45) is 11.3 Å². The maximum absolute atomic E-state index is 12.2. The van der Waals surface area contributed by atoms with E-state index < -0.39 is 16.0 Å². The Hall–Kier alpha value is -0.920. The Morgan fingerprint density at radius 2 is 2.10 bits per heavy atom. The fourth-order valence-electron chi connectivity index (χ4n) is 2.23. The third-order valence-corrected chi connectivity index (χ3v) is 7.19. The molecule has 0 radical (unpaired) electrons. The van der Waals surface area contributed by atoms with Gasteiger partial charge in [0.25, 0.3) is 0 Å². The Bertz CT molecular complexity index is 627. The van der Waals surface area contributed by atoms with Crippen LogP contribution >= 0.6 is 11.3 Å². The van der Waals surface area contributed by atoms with E-state index in [1.54, 1.807) is 6.92 Å². The predicted molar refractivity (Wildman–Crippen MR) is 77.7 cm³/mol. The van der Waals surface area contributed by atoms with Crippen LogP contribution in [0.15, 0.2) is 10.3 Å². The van der Waals surface area contributed by atoms with Crippen molar-refractivity contribution in [2.45, 2.75) is 37.8 Å². The Morgan fingerprint density at radius 3 is 2.50 bits per heavy atom. The van der Waals surface area contributed by atoms with Crippen molar-refractivity contribution in [1.29, 1.82) is 0 Å². The molecule has 1 aliphatic rings. The normalized spacial score (nSPS) is 17.4. The summed E-state index contributed by atoms with van der Waals surface area (Å²) < 4.78 is 27.2. The van der Waals surface area contributed by atoms with Gasteiger partial charge in [-0.2, -0.15) is 0 Å². The molecule has 0 spiro atoms. The minimum atomic E-state index is -3.62. The van der Waals surface area contributed by atoms with Crippen LogP contribution in [0.5, 0.6) is 0 Å². The van der Waals surface area contributed by atoms with Gasteiger partial charge >= 0.3 is 5.97 Å². The number of carboxylic acids is 1. The Balaban J connectivity index is 2.15. The van der Waals surface area contributed by atoms with Gasteiger partial charge in [0, 0.05) is 6.54 Å². The van der Waals surface area contributed by atoms with Crippen LogP contribution in [0.25, 0.3) is 0 Å². The molecule has 1 aliphatic carbocycles. The molecule has 2 rings (SSSR count). The van der Waals surface area contributed by atoms with Gasteiger partial charge in [0.1, 0.15) is 9.09 Å². The molecule has 0 saturated heterocycles. The first-order chi connectivity index (χ1) is 9.18. The molecule has 112 valence electrons. The Morgan fingerprint density at radius 1 is 1.50 bits per heavy atom. The minimum absolute atomic E-state index is 0.0759. The molecule has 1 aromatic rings. The van der Waals surface area contributed by atoms with E-state index in [1.165, 1.54) is 6.07 Å². The number of rotatable bonds is 6. The summed E-state index contributed by atoms with van der Waals surface area (Å²) in [6.45, 7) is 6.22. The monoisotopic (exact) mass is 317 g/mol. The number of aromatic carboxylic acids is 1. The lowest BCUT2D eigenvalue weighted by Gasteiger charge is -2.19. The fraction of sp³-hybridized carbons (Fsp3) is 0.615. The molecular weight excluding hydrogens is 298 g/mol. The van der Waals surface area contributed by atoms with Gasteiger partial charge in [-0.25, -0.2) is 17.9 Å². The molecule has 1 aromatic heterocycles. The largest absolute Gasteiger partial charge is 0.477 e. The third-order valence-electron chi connectivity index (χ3n) is 4.09. The number of thiophene rings is 1. The van der Waals surface area contributed by atoms with Gasteiger partial charge in [-0.1, -0.05) is 13.8 Å². The van der Waals surface area contributed by atoms with E-state index in [0.29, 0.717) is 18.0 Å². The molecule has 0 atom stereocenters. The second-order valence-electron chi connectivity index (χ2n) is 5.72. The van der Waals surface area contributed by atoms with Gasteiger partial charge in [0.05, 0.1) is 0 Å². The van der Waals surface area contributed by atoms with Crippen molar-refractivity contribution in [3.8, 4) is 0 Å². The number of aryl methyl sites for hydroxylation is 1. The molecule has 0 unspecified atom stereocenters. The van der Waals surface area contributed by atoms with Crippen molar-refractivity contribution in [3.05, 3.63) is 16.5 Å². The molecule has 0 bridgehead atoms. The Labute approximate surface area is 123 Å². The van der Waals surface area contributed by atoms with E-state index in [1.807, 2.05) is 0 Å². The first kappa shape index (κ1) is 15.5. The summed E-state index contributed by atoms with van der Waals surface area (Å²) in [6, 6.07) is 1.42. The van der Waals surface area contributed by atoms with Crippen LogP contribution in [-0.2, 0) is 10.0 Å². The second-order valence-corrected chi connectivity index (χ2v) is 8.77. The van der Waals surface area contributed by atoms with Crippen LogP contribution < -0.4 is 4.72 Å². The van der Waals surface area contributed by atoms with Crippen LogP contribution in [0.2, 0.25) is 0 Å². The van der Waals surface area contributed by atoms with E-state index in [9.17, 15) is 13.2 Å². The number of hydrogen-bond donors (Lipinski definition) is 2. The second kappa shape index (κ2) is 5.13. The van der Waals surface area contributed by atoms with Gasteiger partial charge in [-0.15, -0.1) is 11.3 Å². The van der Waals surface area contributed by atoms with Crippen molar-refractivity contribution < 1.29 is 18.3 Å². The van der Waals surface area contributed by atoms with Gasteiger partial charge in [0.15, 0.2) is 0 Å². The summed E-state index contributed by atoms with van der Waals surface area (Å²) in [4.78, 5) is 11.1. The average molecular weight is 317 g/mol. The first-order valence-electron chi connectivity index (χ1n) is 6.51. The van der Waals surface area contributed by atoms with Gasteiger partial charge < -0.3 is 5.11 Å². The van der Waals surface area contributed by atoms with E-state index in [-0.39, 0.29) is 14.5 Å². The Kier molecular flexibility index (Phi) is 3.96. The summed E-state index contributed by atoms with van der Waals surface area (Å²) >= 11 is 0.804. The standard InChI is InChI=1S/C13H19NO4S2/c1-8(2)13(4-5-13)7-14-20(17,18)10-6-9(3)11(19-10)12(15)16/h6,8,14H,4-5,7H2,1-3H3,(H,15,16). The number of nitrogens with one attached hydrogen (secondary N) is 1. The van der Waals surface area contributed by atoms with Crippen LogP contribution in [0, 0.1) is 18.3 Å². The molecule has 1 saturated carbocycles. The lowest BCUT2D eigenvalue weighted by Crippen LogP contribution is -2.32. The van der Waals surface area contributed by atoms with E-state index in [4.69, 9.17) is 5.11 Å². The molecule has 0 aliphatic heterocycles. The summed E-state index contributed by atoms with van der Waals surface area (Å²) in [5, 5.41) is 8.98. The summed E-state index contributed by atoms with van der Waals surface area (Å²) in [5.74, 6) is -0.653.